The third-order valence-electron chi connectivity index (χ3n) is 6.08. The molecule has 1 fully saturated rings. The summed E-state index contributed by atoms with van der Waals surface area (Å²) in [7, 11) is -5.74. The van der Waals surface area contributed by atoms with E-state index in [1.807, 2.05) is 0 Å². The summed E-state index contributed by atoms with van der Waals surface area (Å²) >= 11 is 0. The number of rotatable bonds is 4. The van der Waals surface area contributed by atoms with Gasteiger partial charge in [-0.3, -0.25) is 0 Å². The van der Waals surface area contributed by atoms with Crippen LogP contribution >= 0.6 is 0 Å². The first kappa shape index (κ1) is 22.9. The van der Waals surface area contributed by atoms with Gasteiger partial charge in [-0.2, -0.15) is 30.6 Å². The maximum Gasteiger partial charge on any atom is 0.511 e. The van der Waals surface area contributed by atoms with Gasteiger partial charge in [-0.25, -0.2) is 13.4 Å². The molecular weight excluding hydrogens is 462 g/mol. The minimum absolute atomic E-state index is 0.0860. The van der Waals surface area contributed by atoms with E-state index in [0.29, 0.717) is 18.5 Å². The summed E-state index contributed by atoms with van der Waals surface area (Å²) in [6.07, 6.45) is 0.442. The smallest absolute Gasteiger partial charge is 0.361 e. The molecule has 2 aromatic rings. The Morgan fingerprint density at radius 1 is 1.12 bits per heavy atom. The van der Waals surface area contributed by atoms with Crippen LogP contribution in [0.1, 0.15) is 36.1 Å². The van der Waals surface area contributed by atoms with Gasteiger partial charge in [-0.15, -0.1) is 0 Å². The van der Waals surface area contributed by atoms with Crippen molar-refractivity contribution in [2.75, 3.05) is 11.4 Å². The summed E-state index contributed by atoms with van der Waals surface area (Å²) in [5.74, 6) is -0.0860. The third-order valence-corrected chi connectivity index (χ3v) is 7.62. The van der Waals surface area contributed by atoms with E-state index in [1.165, 1.54) is 18.6 Å². The molecular formula is C19H20F6N4O2S. The van der Waals surface area contributed by atoms with Crippen LogP contribution in [-0.4, -0.2) is 40.8 Å². The number of aromatic amines is 1. The maximum absolute atomic E-state index is 13.4. The first-order valence-corrected chi connectivity index (χ1v) is 11.3. The Hall–Kier alpha value is -2.28. The summed E-state index contributed by atoms with van der Waals surface area (Å²) in [6.45, 7) is -1.14. The van der Waals surface area contributed by atoms with Crippen molar-refractivity contribution >= 4 is 15.7 Å². The second-order valence-corrected chi connectivity index (χ2v) is 9.98. The van der Waals surface area contributed by atoms with E-state index >= 15 is 0 Å². The molecule has 1 saturated carbocycles. The molecule has 6 nitrogen and oxygen atoms in total. The van der Waals surface area contributed by atoms with Crippen molar-refractivity contribution in [2.24, 2.45) is 5.92 Å². The number of alkyl halides is 6. The van der Waals surface area contributed by atoms with Crippen molar-refractivity contribution in [2.45, 2.75) is 50.1 Å². The molecule has 0 bridgehead atoms. The van der Waals surface area contributed by atoms with E-state index < -0.39 is 46.4 Å². The molecule has 1 aromatic heterocycles. The second-order valence-electron chi connectivity index (χ2n) is 8.05. The van der Waals surface area contributed by atoms with E-state index in [-0.39, 0.29) is 28.0 Å². The summed E-state index contributed by atoms with van der Waals surface area (Å²) in [4.78, 5) is 8.51. The van der Waals surface area contributed by atoms with Crippen LogP contribution in [0.3, 0.4) is 0 Å². The van der Waals surface area contributed by atoms with Crippen LogP contribution in [0.15, 0.2) is 30.7 Å². The van der Waals surface area contributed by atoms with Crippen LogP contribution < -0.4 is 4.90 Å². The Morgan fingerprint density at radius 3 is 2.38 bits per heavy atom. The largest absolute Gasteiger partial charge is 0.511 e. The van der Waals surface area contributed by atoms with E-state index in [9.17, 15) is 34.8 Å². The first-order valence-electron chi connectivity index (χ1n) is 9.88. The lowest BCUT2D eigenvalue weighted by atomic mass is 9.79. The highest BCUT2D eigenvalue weighted by molar-refractivity contribution is 7.89. The molecule has 1 aromatic carbocycles. The summed E-state index contributed by atoms with van der Waals surface area (Å²) in [6, 6.07) is 2.17. The minimum Gasteiger partial charge on any atom is -0.361 e. The van der Waals surface area contributed by atoms with Gasteiger partial charge in [0, 0.05) is 31.0 Å². The predicted octanol–water partition coefficient (Wildman–Crippen LogP) is 4.27. The molecule has 176 valence electrons. The molecule has 2 aliphatic rings. The quantitative estimate of drug-likeness (QED) is 0.661. The Labute approximate surface area is 180 Å². The summed E-state index contributed by atoms with van der Waals surface area (Å²) < 4.78 is 105. The Balaban J connectivity index is 1.85. The lowest BCUT2D eigenvalue weighted by Gasteiger charge is -2.42. The van der Waals surface area contributed by atoms with Crippen molar-refractivity contribution in [3.63, 3.8) is 0 Å². The molecule has 0 saturated heterocycles. The molecule has 1 aliphatic heterocycles. The Morgan fingerprint density at radius 2 is 1.84 bits per heavy atom. The van der Waals surface area contributed by atoms with Gasteiger partial charge in [0.05, 0.1) is 24.1 Å². The number of hydrogen-bond acceptors (Lipinski definition) is 4. The number of anilines is 1. The number of benzene rings is 1. The monoisotopic (exact) mass is 482 g/mol. The number of nitrogens with zero attached hydrogens (tertiary/aromatic N) is 3. The van der Waals surface area contributed by atoms with E-state index in [4.69, 9.17) is 0 Å². The zero-order valence-corrected chi connectivity index (χ0v) is 17.4. The highest BCUT2D eigenvalue weighted by Gasteiger charge is 2.52. The molecule has 1 aliphatic carbocycles. The fourth-order valence-electron chi connectivity index (χ4n) is 4.22. The lowest BCUT2D eigenvalue weighted by molar-refractivity contribution is -0.137. The molecule has 13 heteroatoms. The van der Waals surface area contributed by atoms with Crippen molar-refractivity contribution in [1.29, 1.82) is 0 Å². The number of sulfonamides is 1. The first-order chi connectivity index (χ1) is 14.9. The number of H-pyrrole nitrogens is 1. The van der Waals surface area contributed by atoms with Crippen molar-refractivity contribution in [3.8, 4) is 0 Å². The molecule has 0 radical (unpaired) electrons. The standard InChI is InChI=1S/C19H20F6N4O2S/c20-18(21,22)14-4-5-16-13(6-14)8-28(32(30,31)19(23,24)25)10-17(12-2-1-3-12)29(16)9-15-7-26-11-27-15/h4-7,11-12,17H,1-3,8-10H2,(H,26,27)/t17-/m0/s1. The Kier molecular flexibility index (Phi) is 5.68. The number of aromatic nitrogens is 2. The van der Waals surface area contributed by atoms with Crippen LogP contribution in [0, 0.1) is 5.92 Å². The number of halogens is 6. The fraction of sp³-hybridized carbons (Fsp3) is 0.526. The average molecular weight is 482 g/mol. The molecule has 0 spiro atoms. The molecule has 2 heterocycles. The minimum atomic E-state index is -5.74. The molecule has 1 N–H and O–H groups in total. The van der Waals surface area contributed by atoms with Crippen LogP contribution in [-0.2, 0) is 29.3 Å². The van der Waals surface area contributed by atoms with Crippen LogP contribution in [0.4, 0.5) is 32.0 Å². The summed E-state index contributed by atoms with van der Waals surface area (Å²) in [5.41, 5.74) is -5.85. The number of hydrogen-bond donors (Lipinski definition) is 1. The molecule has 32 heavy (non-hydrogen) atoms. The SMILES string of the molecule is O=S(=O)(N1Cc2cc(C(F)(F)F)ccc2N(Cc2cnc[nH]2)[C@H](C2CCC2)C1)C(F)(F)F. The summed E-state index contributed by atoms with van der Waals surface area (Å²) in [5, 5.41) is 0. The fourth-order valence-corrected chi connectivity index (χ4v) is 5.17. The van der Waals surface area contributed by atoms with Crippen LogP contribution in [0.5, 0.6) is 0 Å². The van der Waals surface area contributed by atoms with Crippen molar-refractivity contribution in [1.82, 2.24) is 14.3 Å². The van der Waals surface area contributed by atoms with E-state index in [2.05, 4.69) is 9.97 Å². The normalized spacial score (nSPS) is 21.2. The van der Waals surface area contributed by atoms with E-state index in [0.717, 1.165) is 18.6 Å². The van der Waals surface area contributed by atoms with Crippen molar-refractivity contribution < 1.29 is 34.8 Å². The molecule has 1 atom stereocenters. The van der Waals surface area contributed by atoms with Gasteiger partial charge in [0.1, 0.15) is 0 Å². The number of nitrogens with one attached hydrogen (secondary N) is 1. The van der Waals surface area contributed by atoms with Crippen LogP contribution in [0.2, 0.25) is 0 Å². The zero-order chi connectivity index (χ0) is 23.3. The molecule has 4 rings (SSSR count). The van der Waals surface area contributed by atoms with Crippen LogP contribution in [0.25, 0.3) is 0 Å². The highest BCUT2D eigenvalue weighted by atomic mass is 32.2. The third kappa shape index (κ3) is 4.19. The van der Waals surface area contributed by atoms with Gasteiger partial charge in [0.2, 0.25) is 0 Å². The maximum atomic E-state index is 13.4. The van der Waals surface area contributed by atoms with E-state index in [1.54, 1.807) is 4.90 Å². The topological polar surface area (TPSA) is 69.3 Å². The lowest BCUT2D eigenvalue weighted by Crippen LogP contribution is -2.51. The molecule has 0 unspecified atom stereocenters. The van der Waals surface area contributed by atoms with Crippen molar-refractivity contribution in [3.05, 3.63) is 47.5 Å². The van der Waals surface area contributed by atoms with Gasteiger partial charge < -0.3 is 9.88 Å². The predicted molar refractivity (Wildman–Crippen MR) is 103 cm³/mol. The highest BCUT2D eigenvalue weighted by Crippen LogP contribution is 2.42. The number of imidazole rings is 1. The van der Waals surface area contributed by atoms with Gasteiger partial charge >= 0.3 is 21.7 Å². The Bertz CT molecular complexity index is 1060. The second kappa shape index (κ2) is 7.94. The average Bonchev–Trinajstić information content (AvgIpc) is 3.09. The van der Waals surface area contributed by atoms with Gasteiger partial charge in [-0.1, -0.05) is 6.42 Å². The zero-order valence-electron chi connectivity index (χ0n) is 16.6. The molecule has 0 amide bonds. The van der Waals surface area contributed by atoms with Gasteiger partial charge in [0.25, 0.3) is 0 Å². The number of fused-ring (bicyclic) bond motifs is 1. The van der Waals surface area contributed by atoms with Gasteiger partial charge in [0.15, 0.2) is 0 Å². The van der Waals surface area contributed by atoms with Gasteiger partial charge in [-0.05, 0) is 42.5 Å².